The molecule has 6 heteroatoms. The van der Waals surface area contributed by atoms with Gasteiger partial charge in [0.25, 0.3) is 5.78 Å². The van der Waals surface area contributed by atoms with Crippen molar-refractivity contribution in [2.45, 2.75) is 20.4 Å². The topological polar surface area (TPSA) is 82.0 Å². The lowest BCUT2D eigenvalue weighted by molar-refractivity contribution is 1.00. The van der Waals surface area contributed by atoms with E-state index in [1.165, 1.54) is 0 Å². The van der Waals surface area contributed by atoms with E-state index in [4.69, 9.17) is 5.73 Å². The van der Waals surface area contributed by atoms with Gasteiger partial charge in [0.05, 0.1) is 0 Å². The SMILES string of the molecule is Cc1cc(C)n2c(-c3ccc(CN)cn3)nnc2n1. The van der Waals surface area contributed by atoms with Crippen molar-refractivity contribution in [3.63, 3.8) is 0 Å². The molecule has 0 aliphatic heterocycles. The summed E-state index contributed by atoms with van der Waals surface area (Å²) in [5.41, 5.74) is 9.28. The van der Waals surface area contributed by atoms with Crippen molar-refractivity contribution in [3.05, 3.63) is 41.3 Å². The van der Waals surface area contributed by atoms with Crippen LogP contribution < -0.4 is 5.73 Å². The molecule has 96 valence electrons. The van der Waals surface area contributed by atoms with Crippen molar-refractivity contribution in [2.24, 2.45) is 5.73 Å². The molecule has 0 amide bonds. The summed E-state index contributed by atoms with van der Waals surface area (Å²) in [5, 5.41) is 8.28. The van der Waals surface area contributed by atoms with E-state index < -0.39 is 0 Å². The van der Waals surface area contributed by atoms with Gasteiger partial charge in [-0.1, -0.05) is 6.07 Å². The molecule has 0 unspecified atom stereocenters. The van der Waals surface area contributed by atoms with Gasteiger partial charge in [0.2, 0.25) is 0 Å². The van der Waals surface area contributed by atoms with Crippen LogP contribution in [0.3, 0.4) is 0 Å². The molecule has 19 heavy (non-hydrogen) atoms. The molecule has 0 aliphatic carbocycles. The standard InChI is InChI=1S/C13H14N6/c1-8-5-9(2)19-12(17-18-13(19)16-8)11-4-3-10(6-14)7-15-11/h3-5,7H,6,14H2,1-2H3. The highest BCUT2D eigenvalue weighted by molar-refractivity contribution is 5.54. The highest BCUT2D eigenvalue weighted by Gasteiger charge is 2.12. The summed E-state index contributed by atoms with van der Waals surface area (Å²) >= 11 is 0. The van der Waals surface area contributed by atoms with Crippen LogP contribution in [-0.4, -0.2) is 24.6 Å². The van der Waals surface area contributed by atoms with Crippen molar-refractivity contribution >= 4 is 5.78 Å². The van der Waals surface area contributed by atoms with Crippen LogP contribution in [-0.2, 0) is 6.54 Å². The first kappa shape index (κ1) is 11.7. The van der Waals surface area contributed by atoms with E-state index in [2.05, 4.69) is 20.2 Å². The Balaban J connectivity index is 2.19. The van der Waals surface area contributed by atoms with E-state index in [1.807, 2.05) is 36.4 Å². The summed E-state index contributed by atoms with van der Waals surface area (Å²) in [4.78, 5) is 8.73. The number of fused-ring (bicyclic) bond motifs is 1. The van der Waals surface area contributed by atoms with Crippen LogP contribution >= 0.6 is 0 Å². The van der Waals surface area contributed by atoms with E-state index in [0.717, 1.165) is 22.6 Å². The molecule has 0 spiro atoms. The van der Waals surface area contributed by atoms with Gasteiger partial charge in [0.15, 0.2) is 5.82 Å². The first-order valence-corrected chi connectivity index (χ1v) is 6.04. The predicted octanol–water partition coefficient (Wildman–Crippen LogP) is 1.26. The summed E-state index contributed by atoms with van der Waals surface area (Å²) in [6, 6.07) is 5.84. The summed E-state index contributed by atoms with van der Waals surface area (Å²) < 4.78 is 1.90. The number of nitrogens with zero attached hydrogens (tertiary/aromatic N) is 5. The summed E-state index contributed by atoms with van der Waals surface area (Å²) in [7, 11) is 0. The highest BCUT2D eigenvalue weighted by Crippen LogP contribution is 2.17. The van der Waals surface area contributed by atoms with Crippen LogP contribution in [0.5, 0.6) is 0 Å². The quantitative estimate of drug-likeness (QED) is 0.744. The second kappa shape index (κ2) is 4.40. The average Bonchev–Trinajstić information content (AvgIpc) is 2.83. The second-order valence-electron chi connectivity index (χ2n) is 4.45. The number of aryl methyl sites for hydroxylation is 2. The summed E-state index contributed by atoms with van der Waals surface area (Å²) in [6.07, 6.45) is 1.76. The molecule has 0 bridgehead atoms. The smallest absolute Gasteiger partial charge is 0.255 e. The lowest BCUT2D eigenvalue weighted by atomic mass is 10.2. The first-order valence-electron chi connectivity index (χ1n) is 6.04. The lowest BCUT2D eigenvalue weighted by Crippen LogP contribution is -2.00. The van der Waals surface area contributed by atoms with Gasteiger partial charge in [0.1, 0.15) is 5.69 Å². The van der Waals surface area contributed by atoms with Crippen molar-refractivity contribution < 1.29 is 0 Å². The predicted molar refractivity (Wildman–Crippen MR) is 71.4 cm³/mol. The Morgan fingerprint density at radius 2 is 2.05 bits per heavy atom. The van der Waals surface area contributed by atoms with Gasteiger partial charge in [-0.2, -0.15) is 0 Å². The Labute approximate surface area is 110 Å². The third kappa shape index (κ3) is 1.96. The monoisotopic (exact) mass is 254 g/mol. The summed E-state index contributed by atoms with van der Waals surface area (Å²) in [6.45, 7) is 4.42. The number of hydrogen-bond donors (Lipinski definition) is 1. The fourth-order valence-corrected chi connectivity index (χ4v) is 2.07. The number of rotatable bonds is 2. The molecule has 3 rings (SSSR count). The molecule has 0 saturated carbocycles. The Morgan fingerprint density at radius 3 is 2.74 bits per heavy atom. The van der Waals surface area contributed by atoms with Crippen molar-refractivity contribution in [3.8, 4) is 11.5 Å². The van der Waals surface area contributed by atoms with Gasteiger partial charge in [-0.25, -0.2) is 4.98 Å². The normalized spacial score (nSPS) is 11.1. The molecule has 0 aliphatic rings. The Kier molecular flexibility index (Phi) is 2.72. The molecular formula is C13H14N6. The lowest BCUT2D eigenvalue weighted by Gasteiger charge is -2.04. The van der Waals surface area contributed by atoms with Gasteiger partial charge in [-0.15, -0.1) is 10.2 Å². The second-order valence-corrected chi connectivity index (χ2v) is 4.45. The first-order chi connectivity index (χ1) is 9.19. The molecule has 3 heterocycles. The van der Waals surface area contributed by atoms with Crippen LogP contribution in [0.1, 0.15) is 17.0 Å². The van der Waals surface area contributed by atoms with Crippen molar-refractivity contribution in [2.75, 3.05) is 0 Å². The van der Waals surface area contributed by atoms with Gasteiger partial charge >= 0.3 is 0 Å². The molecule has 2 N–H and O–H groups in total. The van der Waals surface area contributed by atoms with E-state index in [-0.39, 0.29) is 0 Å². The maximum Gasteiger partial charge on any atom is 0.255 e. The van der Waals surface area contributed by atoms with Gasteiger partial charge in [-0.3, -0.25) is 9.38 Å². The van der Waals surface area contributed by atoms with Crippen LogP contribution in [0, 0.1) is 13.8 Å². The average molecular weight is 254 g/mol. The van der Waals surface area contributed by atoms with Crippen LogP contribution in [0.15, 0.2) is 24.4 Å². The fourth-order valence-electron chi connectivity index (χ4n) is 2.07. The third-order valence-corrected chi connectivity index (χ3v) is 2.98. The molecule has 6 nitrogen and oxygen atoms in total. The van der Waals surface area contributed by atoms with Gasteiger partial charge in [0, 0.05) is 24.1 Å². The van der Waals surface area contributed by atoms with Crippen LogP contribution in [0.4, 0.5) is 0 Å². The Morgan fingerprint density at radius 1 is 1.21 bits per heavy atom. The van der Waals surface area contributed by atoms with Crippen LogP contribution in [0.2, 0.25) is 0 Å². The molecule has 0 atom stereocenters. The molecule has 3 aromatic rings. The minimum Gasteiger partial charge on any atom is -0.326 e. The Hall–Kier alpha value is -2.34. The van der Waals surface area contributed by atoms with E-state index >= 15 is 0 Å². The Bertz CT molecular complexity index is 729. The largest absolute Gasteiger partial charge is 0.326 e. The zero-order valence-corrected chi connectivity index (χ0v) is 10.8. The zero-order chi connectivity index (χ0) is 13.4. The van der Waals surface area contributed by atoms with Crippen molar-refractivity contribution in [1.29, 1.82) is 0 Å². The molecule has 0 aromatic carbocycles. The van der Waals surface area contributed by atoms with E-state index in [1.54, 1.807) is 6.20 Å². The fraction of sp³-hybridized carbons (Fsp3) is 0.231. The highest BCUT2D eigenvalue weighted by atomic mass is 15.3. The minimum absolute atomic E-state index is 0.480. The number of nitrogens with two attached hydrogens (primary N) is 1. The molecule has 3 aromatic heterocycles. The number of pyridine rings is 1. The molecule has 0 saturated heterocycles. The summed E-state index contributed by atoms with van der Waals surface area (Å²) in [5.74, 6) is 1.29. The van der Waals surface area contributed by atoms with E-state index in [9.17, 15) is 0 Å². The van der Waals surface area contributed by atoms with Gasteiger partial charge < -0.3 is 5.73 Å². The third-order valence-electron chi connectivity index (χ3n) is 2.98. The number of hydrogen-bond acceptors (Lipinski definition) is 5. The maximum absolute atomic E-state index is 5.57. The van der Waals surface area contributed by atoms with Crippen LogP contribution in [0.25, 0.3) is 17.3 Å². The zero-order valence-electron chi connectivity index (χ0n) is 10.8. The molecular weight excluding hydrogens is 240 g/mol. The van der Waals surface area contributed by atoms with Gasteiger partial charge in [-0.05, 0) is 31.5 Å². The molecule has 0 fully saturated rings. The van der Waals surface area contributed by atoms with E-state index in [0.29, 0.717) is 18.1 Å². The number of aromatic nitrogens is 5. The molecule has 0 radical (unpaired) electrons. The maximum atomic E-state index is 5.57. The minimum atomic E-state index is 0.480. The van der Waals surface area contributed by atoms with Crippen molar-refractivity contribution in [1.82, 2.24) is 24.6 Å².